The maximum atomic E-state index is 11.7. The van der Waals surface area contributed by atoms with Gasteiger partial charge in [-0.2, -0.15) is 0 Å². The first kappa shape index (κ1) is 15.0. The minimum atomic E-state index is -0.189. The van der Waals surface area contributed by atoms with Crippen molar-refractivity contribution >= 4 is 37.8 Å². The molecule has 20 heavy (non-hydrogen) atoms. The Hall–Kier alpha value is -1.40. The molecule has 0 atom stereocenters. The number of rotatable bonds is 5. The summed E-state index contributed by atoms with van der Waals surface area (Å²) in [4.78, 5) is 15.8. The minimum absolute atomic E-state index is 0.0347. The van der Waals surface area contributed by atoms with Crippen LogP contribution in [0.15, 0.2) is 51.5 Å². The van der Waals surface area contributed by atoms with Gasteiger partial charge < -0.3 is 10.1 Å². The van der Waals surface area contributed by atoms with Gasteiger partial charge in [0, 0.05) is 10.7 Å². The zero-order valence-corrected chi connectivity index (χ0v) is 13.6. The van der Waals surface area contributed by atoms with Gasteiger partial charge in [-0.25, -0.2) is 0 Å². The smallest absolute Gasteiger partial charge is 0.258 e. The summed E-state index contributed by atoms with van der Waals surface area (Å²) in [6.07, 6.45) is 1.69. The average Bonchev–Trinajstić information content (AvgIpc) is 2.45. The van der Waals surface area contributed by atoms with Crippen molar-refractivity contribution in [2.75, 3.05) is 6.61 Å². The number of nitrogens with zero attached hydrogens (tertiary/aromatic N) is 1. The Balaban J connectivity index is 1.80. The Kier molecular flexibility index (Phi) is 5.55. The number of carbonyl (C=O) groups excluding carboxylic acids is 1. The highest BCUT2D eigenvalue weighted by Crippen LogP contribution is 2.27. The maximum absolute atomic E-state index is 11.7. The molecule has 6 heteroatoms. The van der Waals surface area contributed by atoms with Crippen molar-refractivity contribution in [3.05, 3.63) is 57.2 Å². The van der Waals surface area contributed by atoms with Crippen LogP contribution in [0.1, 0.15) is 5.69 Å². The number of benzene rings is 1. The minimum Gasteiger partial charge on any atom is -0.483 e. The predicted molar refractivity (Wildman–Crippen MR) is 83.4 cm³/mol. The summed E-state index contributed by atoms with van der Waals surface area (Å²) in [6.45, 7) is 0.359. The van der Waals surface area contributed by atoms with Crippen molar-refractivity contribution < 1.29 is 9.53 Å². The summed E-state index contributed by atoms with van der Waals surface area (Å²) < 4.78 is 7.18. The lowest BCUT2D eigenvalue weighted by Crippen LogP contribution is -2.28. The lowest BCUT2D eigenvalue weighted by molar-refractivity contribution is -0.123. The number of hydrogen-bond donors (Lipinski definition) is 1. The molecule has 0 saturated heterocycles. The van der Waals surface area contributed by atoms with E-state index in [9.17, 15) is 4.79 Å². The number of aromatic nitrogens is 1. The summed E-state index contributed by atoms with van der Waals surface area (Å²) in [5.74, 6) is 0.437. The highest BCUT2D eigenvalue weighted by Gasteiger charge is 2.06. The molecule has 0 spiro atoms. The van der Waals surface area contributed by atoms with Gasteiger partial charge in [0.25, 0.3) is 5.91 Å². The van der Waals surface area contributed by atoms with Gasteiger partial charge in [0.1, 0.15) is 5.75 Å². The molecule has 1 amide bonds. The fraction of sp³-hybridized carbons (Fsp3) is 0.143. The number of amides is 1. The molecule has 0 radical (unpaired) electrons. The van der Waals surface area contributed by atoms with Gasteiger partial charge in [-0.1, -0.05) is 22.0 Å². The van der Waals surface area contributed by atoms with E-state index < -0.39 is 0 Å². The van der Waals surface area contributed by atoms with Crippen LogP contribution in [0.2, 0.25) is 0 Å². The van der Waals surface area contributed by atoms with Crippen LogP contribution in [-0.4, -0.2) is 17.5 Å². The molecule has 0 bridgehead atoms. The quantitative estimate of drug-likeness (QED) is 0.839. The Labute approximate surface area is 133 Å². The summed E-state index contributed by atoms with van der Waals surface area (Å²) in [6, 6.07) is 11.1. The number of halogens is 2. The van der Waals surface area contributed by atoms with Crippen LogP contribution in [0.3, 0.4) is 0 Å². The third-order valence-corrected chi connectivity index (χ3v) is 3.56. The van der Waals surface area contributed by atoms with E-state index >= 15 is 0 Å². The summed E-state index contributed by atoms with van der Waals surface area (Å²) >= 11 is 6.73. The van der Waals surface area contributed by atoms with Gasteiger partial charge in [0.2, 0.25) is 0 Å². The predicted octanol–water partition coefficient (Wildman–Crippen LogP) is 3.30. The van der Waals surface area contributed by atoms with Crippen LogP contribution in [0.4, 0.5) is 0 Å². The monoisotopic (exact) mass is 398 g/mol. The van der Waals surface area contributed by atoms with Gasteiger partial charge in [-0.05, 0) is 46.3 Å². The molecule has 0 saturated carbocycles. The van der Waals surface area contributed by atoms with E-state index in [1.165, 1.54) is 0 Å². The number of nitrogens with one attached hydrogen (secondary N) is 1. The van der Waals surface area contributed by atoms with E-state index in [0.717, 1.165) is 14.6 Å². The zero-order valence-electron chi connectivity index (χ0n) is 10.5. The average molecular weight is 400 g/mol. The maximum Gasteiger partial charge on any atom is 0.258 e. The van der Waals surface area contributed by atoms with Crippen molar-refractivity contribution in [3.63, 3.8) is 0 Å². The SMILES string of the molecule is O=C(COc1ccc(Br)cc1Br)NCc1ccccn1. The first-order valence-electron chi connectivity index (χ1n) is 5.89. The van der Waals surface area contributed by atoms with E-state index in [-0.39, 0.29) is 12.5 Å². The lowest BCUT2D eigenvalue weighted by atomic mass is 10.3. The molecule has 0 aliphatic rings. The molecule has 4 nitrogen and oxygen atoms in total. The number of ether oxygens (including phenoxy) is 1. The first-order valence-corrected chi connectivity index (χ1v) is 7.48. The molecule has 1 aromatic heterocycles. The van der Waals surface area contributed by atoms with Crippen LogP contribution < -0.4 is 10.1 Å². The molecule has 0 aliphatic carbocycles. The zero-order chi connectivity index (χ0) is 14.4. The Morgan fingerprint density at radius 1 is 1.25 bits per heavy atom. The molecular formula is C14H12Br2N2O2. The number of pyridine rings is 1. The van der Waals surface area contributed by atoms with E-state index in [2.05, 4.69) is 42.2 Å². The molecular weight excluding hydrogens is 388 g/mol. The van der Waals surface area contributed by atoms with Crippen LogP contribution in [-0.2, 0) is 11.3 Å². The second kappa shape index (κ2) is 7.40. The second-order valence-corrected chi connectivity index (χ2v) is 5.73. The Bertz CT molecular complexity index is 591. The van der Waals surface area contributed by atoms with E-state index in [4.69, 9.17) is 4.74 Å². The largest absolute Gasteiger partial charge is 0.483 e. The van der Waals surface area contributed by atoms with Crippen molar-refractivity contribution in [2.24, 2.45) is 0 Å². The van der Waals surface area contributed by atoms with Gasteiger partial charge in [0.15, 0.2) is 6.61 Å². The van der Waals surface area contributed by atoms with Crippen LogP contribution >= 0.6 is 31.9 Å². The summed E-state index contributed by atoms with van der Waals surface area (Å²) in [5, 5.41) is 2.75. The van der Waals surface area contributed by atoms with E-state index in [0.29, 0.717) is 12.3 Å². The van der Waals surface area contributed by atoms with Gasteiger partial charge in [-0.3, -0.25) is 9.78 Å². The van der Waals surface area contributed by atoms with Crippen molar-refractivity contribution in [1.82, 2.24) is 10.3 Å². The molecule has 0 fully saturated rings. The normalized spacial score (nSPS) is 10.1. The Morgan fingerprint density at radius 2 is 2.10 bits per heavy atom. The molecule has 1 aromatic carbocycles. The second-order valence-electron chi connectivity index (χ2n) is 3.96. The standard InChI is InChI=1S/C14H12Br2N2O2/c15-10-4-5-13(12(16)7-10)20-9-14(19)18-8-11-3-1-2-6-17-11/h1-7H,8-9H2,(H,18,19). The highest BCUT2D eigenvalue weighted by molar-refractivity contribution is 9.11. The van der Waals surface area contributed by atoms with Gasteiger partial charge >= 0.3 is 0 Å². The topological polar surface area (TPSA) is 51.2 Å². The van der Waals surface area contributed by atoms with Crippen LogP contribution in [0.25, 0.3) is 0 Å². The van der Waals surface area contributed by atoms with Crippen molar-refractivity contribution in [2.45, 2.75) is 6.54 Å². The highest BCUT2D eigenvalue weighted by atomic mass is 79.9. The Morgan fingerprint density at radius 3 is 2.80 bits per heavy atom. The molecule has 0 unspecified atom stereocenters. The number of carbonyl (C=O) groups is 1. The molecule has 0 aliphatic heterocycles. The van der Waals surface area contributed by atoms with E-state index in [1.54, 1.807) is 12.3 Å². The molecule has 1 N–H and O–H groups in total. The fourth-order valence-electron chi connectivity index (χ4n) is 1.48. The van der Waals surface area contributed by atoms with Gasteiger partial charge in [0.05, 0.1) is 16.7 Å². The van der Waals surface area contributed by atoms with Crippen molar-refractivity contribution in [3.8, 4) is 5.75 Å². The first-order chi connectivity index (χ1) is 9.65. The number of hydrogen-bond acceptors (Lipinski definition) is 3. The molecule has 1 heterocycles. The molecule has 104 valence electrons. The van der Waals surface area contributed by atoms with E-state index in [1.807, 2.05) is 30.3 Å². The fourth-order valence-corrected chi connectivity index (χ4v) is 2.64. The third kappa shape index (κ3) is 4.61. The van der Waals surface area contributed by atoms with Crippen molar-refractivity contribution in [1.29, 1.82) is 0 Å². The summed E-state index contributed by atoms with van der Waals surface area (Å²) in [7, 11) is 0. The van der Waals surface area contributed by atoms with Gasteiger partial charge in [-0.15, -0.1) is 0 Å². The summed E-state index contributed by atoms with van der Waals surface area (Å²) in [5.41, 5.74) is 0.811. The molecule has 2 rings (SSSR count). The third-order valence-electron chi connectivity index (χ3n) is 2.45. The lowest BCUT2D eigenvalue weighted by Gasteiger charge is -2.09. The van der Waals surface area contributed by atoms with Crippen LogP contribution in [0.5, 0.6) is 5.75 Å². The van der Waals surface area contributed by atoms with Crippen LogP contribution in [0, 0.1) is 0 Å². The molecule has 2 aromatic rings.